The second-order valence-corrected chi connectivity index (χ2v) is 6.67. The first-order chi connectivity index (χ1) is 11.1. The van der Waals surface area contributed by atoms with E-state index < -0.39 is 0 Å². The summed E-state index contributed by atoms with van der Waals surface area (Å²) in [7, 11) is 0. The SMILES string of the molecule is CC1CCc2onc(-c3nc(-c4ccc(Cl)cc4Cl)no3)c2C1. The molecule has 1 aromatic carbocycles. The van der Waals surface area contributed by atoms with Crippen molar-refractivity contribution in [3.05, 3.63) is 39.6 Å². The number of hydrogen-bond donors (Lipinski definition) is 0. The van der Waals surface area contributed by atoms with E-state index in [0.717, 1.165) is 30.6 Å². The smallest absolute Gasteiger partial charge is 0.280 e. The van der Waals surface area contributed by atoms with Gasteiger partial charge in [0.25, 0.3) is 5.89 Å². The van der Waals surface area contributed by atoms with Crippen LogP contribution in [0.5, 0.6) is 0 Å². The Morgan fingerprint density at radius 3 is 2.87 bits per heavy atom. The highest BCUT2D eigenvalue weighted by Crippen LogP contribution is 2.34. The largest absolute Gasteiger partial charge is 0.360 e. The van der Waals surface area contributed by atoms with E-state index in [2.05, 4.69) is 22.2 Å². The molecule has 0 N–H and O–H groups in total. The predicted octanol–water partition coefficient (Wildman–Crippen LogP) is 4.82. The molecule has 2 heterocycles. The van der Waals surface area contributed by atoms with Crippen molar-refractivity contribution < 1.29 is 9.05 Å². The molecule has 0 radical (unpaired) electrons. The lowest BCUT2D eigenvalue weighted by Crippen LogP contribution is -2.09. The highest BCUT2D eigenvalue weighted by molar-refractivity contribution is 6.36. The molecule has 4 rings (SSSR count). The van der Waals surface area contributed by atoms with Gasteiger partial charge in [-0.15, -0.1) is 0 Å². The Hall–Kier alpha value is -1.85. The van der Waals surface area contributed by atoms with E-state index in [1.165, 1.54) is 0 Å². The van der Waals surface area contributed by atoms with Crippen LogP contribution in [0.2, 0.25) is 10.0 Å². The molecule has 1 aliphatic carbocycles. The van der Waals surface area contributed by atoms with Gasteiger partial charge in [-0.2, -0.15) is 4.98 Å². The highest BCUT2D eigenvalue weighted by atomic mass is 35.5. The van der Waals surface area contributed by atoms with Crippen LogP contribution in [0.1, 0.15) is 24.7 Å². The monoisotopic (exact) mass is 349 g/mol. The fraction of sp³-hybridized carbons (Fsp3) is 0.312. The lowest BCUT2D eigenvalue weighted by atomic mass is 9.88. The average Bonchev–Trinajstić information content (AvgIpc) is 3.13. The van der Waals surface area contributed by atoms with Crippen LogP contribution in [0.4, 0.5) is 0 Å². The quantitative estimate of drug-likeness (QED) is 0.663. The maximum Gasteiger partial charge on any atom is 0.280 e. The van der Waals surface area contributed by atoms with E-state index in [0.29, 0.717) is 38.9 Å². The molecule has 0 amide bonds. The van der Waals surface area contributed by atoms with Gasteiger partial charge < -0.3 is 9.05 Å². The third kappa shape index (κ3) is 2.64. The van der Waals surface area contributed by atoms with Crippen molar-refractivity contribution in [2.24, 2.45) is 5.92 Å². The Morgan fingerprint density at radius 2 is 2.04 bits per heavy atom. The second-order valence-electron chi connectivity index (χ2n) is 5.83. The number of halogens is 2. The summed E-state index contributed by atoms with van der Waals surface area (Å²) in [5.41, 5.74) is 2.37. The van der Waals surface area contributed by atoms with Crippen molar-refractivity contribution in [3.8, 4) is 23.0 Å². The number of fused-ring (bicyclic) bond motifs is 1. The van der Waals surface area contributed by atoms with Crippen molar-refractivity contribution in [1.29, 1.82) is 0 Å². The molecule has 0 saturated heterocycles. The molecule has 0 fully saturated rings. The standard InChI is InChI=1S/C16H13Cl2N3O2/c1-8-2-5-13-11(6-8)14(20-22-13)16-19-15(21-23-16)10-4-3-9(17)7-12(10)18/h3-4,7-8H,2,5-6H2,1H3. The van der Waals surface area contributed by atoms with E-state index in [-0.39, 0.29) is 0 Å². The first kappa shape index (κ1) is 14.7. The zero-order valence-corrected chi connectivity index (χ0v) is 13.9. The topological polar surface area (TPSA) is 65.0 Å². The van der Waals surface area contributed by atoms with Crippen molar-refractivity contribution in [2.45, 2.75) is 26.2 Å². The molecule has 7 heteroatoms. The Kier molecular flexibility index (Phi) is 3.62. The summed E-state index contributed by atoms with van der Waals surface area (Å²) in [6.07, 6.45) is 2.91. The Bertz CT molecular complexity index is 872. The van der Waals surface area contributed by atoms with Crippen LogP contribution in [-0.2, 0) is 12.8 Å². The Labute approximate surface area is 142 Å². The van der Waals surface area contributed by atoms with Crippen LogP contribution in [0.25, 0.3) is 23.0 Å². The van der Waals surface area contributed by atoms with Gasteiger partial charge in [0.05, 0.1) is 5.02 Å². The van der Waals surface area contributed by atoms with Crippen LogP contribution < -0.4 is 0 Å². The van der Waals surface area contributed by atoms with Crippen LogP contribution in [0.15, 0.2) is 27.2 Å². The van der Waals surface area contributed by atoms with Crippen LogP contribution in [-0.4, -0.2) is 15.3 Å². The number of benzene rings is 1. The lowest BCUT2D eigenvalue weighted by Gasteiger charge is -2.15. The molecule has 0 aliphatic heterocycles. The number of aryl methyl sites for hydroxylation is 1. The Morgan fingerprint density at radius 1 is 1.17 bits per heavy atom. The fourth-order valence-corrected chi connectivity index (χ4v) is 3.34. The van der Waals surface area contributed by atoms with E-state index in [9.17, 15) is 0 Å². The number of nitrogens with zero attached hydrogens (tertiary/aromatic N) is 3. The summed E-state index contributed by atoms with van der Waals surface area (Å²) in [5, 5.41) is 9.16. The van der Waals surface area contributed by atoms with E-state index in [4.69, 9.17) is 32.2 Å². The van der Waals surface area contributed by atoms with Gasteiger partial charge in [-0.3, -0.25) is 0 Å². The number of hydrogen-bond acceptors (Lipinski definition) is 5. The van der Waals surface area contributed by atoms with Gasteiger partial charge in [0, 0.05) is 22.6 Å². The van der Waals surface area contributed by atoms with Crippen LogP contribution in [0, 0.1) is 5.92 Å². The minimum Gasteiger partial charge on any atom is -0.360 e. The maximum atomic E-state index is 6.19. The first-order valence-electron chi connectivity index (χ1n) is 7.38. The molecule has 1 atom stereocenters. The minimum atomic E-state index is 0.352. The maximum absolute atomic E-state index is 6.19. The normalized spacial score (nSPS) is 17.3. The predicted molar refractivity (Wildman–Crippen MR) is 86.4 cm³/mol. The van der Waals surface area contributed by atoms with Gasteiger partial charge in [-0.25, -0.2) is 0 Å². The van der Waals surface area contributed by atoms with Crippen LogP contribution in [0.3, 0.4) is 0 Å². The van der Waals surface area contributed by atoms with Gasteiger partial charge >= 0.3 is 0 Å². The van der Waals surface area contributed by atoms with Gasteiger partial charge in [-0.05, 0) is 37.0 Å². The average molecular weight is 350 g/mol. The summed E-state index contributed by atoms with van der Waals surface area (Å²) >= 11 is 12.1. The third-order valence-electron chi connectivity index (χ3n) is 4.09. The van der Waals surface area contributed by atoms with Crippen LogP contribution >= 0.6 is 23.2 Å². The molecule has 3 aromatic rings. The molecule has 23 heavy (non-hydrogen) atoms. The minimum absolute atomic E-state index is 0.352. The van der Waals surface area contributed by atoms with E-state index in [1.807, 2.05) is 0 Å². The summed E-state index contributed by atoms with van der Waals surface area (Å²) < 4.78 is 10.8. The Balaban J connectivity index is 1.73. The number of aromatic nitrogens is 3. The lowest BCUT2D eigenvalue weighted by molar-refractivity contribution is 0.355. The first-order valence-corrected chi connectivity index (χ1v) is 8.14. The van der Waals surface area contributed by atoms with Gasteiger partial charge in [-0.1, -0.05) is 40.4 Å². The summed E-state index contributed by atoms with van der Waals surface area (Å²) in [6.45, 7) is 2.21. The molecule has 1 unspecified atom stereocenters. The summed E-state index contributed by atoms with van der Waals surface area (Å²) in [5.74, 6) is 2.27. The molecular weight excluding hydrogens is 337 g/mol. The molecule has 5 nitrogen and oxygen atoms in total. The summed E-state index contributed by atoms with van der Waals surface area (Å²) in [4.78, 5) is 4.42. The number of rotatable bonds is 2. The summed E-state index contributed by atoms with van der Waals surface area (Å²) in [6, 6.07) is 5.15. The zero-order valence-electron chi connectivity index (χ0n) is 12.3. The molecule has 0 spiro atoms. The molecule has 0 bridgehead atoms. The molecule has 2 aromatic heterocycles. The molecule has 1 aliphatic rings. The molecular formula is C16H13Cl2N3O2. The molecule has 118 valence electrons. The second kappa shape index (κ2) is 5.65. The van der Waals surface area contributed by atoms with Crippen molar-refractivity contribution in [1.82, 2.24) is 15.3 Å². The van der Waals surface area contributed by atoms with Gasteiger partial charge in [0.15, 0.2) is 5.69 Å². The highest BCUT2D eigenvalue weighted by Gasteiger charge is 2.27. The third-order valence-corrected chi connectivity index (χ3v) is 4.63. The van der Waals surface area contributed by atoms with Gasteiger partial charge in [0.2, 0.25) is 5.82 Å². The van der Waals surface area contributed by atoms with E-state index >= 15 is 0 Å². The van der Waals surface area contributed by atoms with Crippen molar-refractivity contribution >= 4 is 23.2 Å². The van der Waals surface area contributed by atoms with Crippen molar-refractivity contribution in [3.63, 3.8) is 0 Å². The van der Waals surface area contributed by atoms with E-state index in [1.54, 1.807) is 18.2 Å². The van der Waals surface area contributed by atoms with Gasteiger partial charge in [0.1, 0.15) is 5.76 Å². The zero-order chi connectivity index (χ0) is 16.0. The fourth-order valence-electron chi connectivity index (χ4n) is 2.85. The molecule has 0 saturated carbocycles. The van der Waals surface area contributed by atoms with Crippen molar-refractivity contribution in [2.75, 3.05) is 0 Å².